The number of aromatic nitrogens is 3. The first kappa shape index (κ1) is 22.6. The summed E-state index contributed by atoms with van der Waals surface area (Å²) in [5, 5.41) is 12.7. The van der Waals surface area contributed by atoms with E-state index in [9.17, 15) is 9.59 Å². The van der Waals surface area contributed by atoms with Gasteiger partial charge >= 0.3 is 0 Å². The van der Waals surface area contributed by atoms with E-state index in [2.05, 4.69) is 10.3 Å². The Morgan fingerprint density at radius 2 is 1.77 bits per heavy atom. The summed E-state index contributed by atoms with van der Waals surface area (Å²) in [6.45, 7) is 2.13. The van der Waals surface area contributed by atoms with Crippen LogP contribution in [0.25, 0.3) is 16.7 Å². The van der Waals surface area contributed by atoms with Crippen molar-refractivity contribution in [1.29, 1.82) is 5.41 Å². The van der Waals surface area contributed by atoms with Crippen molar-refractivity contribution < 1.29 is 4.79 Å². The maximum Gasteiger partial charge on any atom is 0.267 e. The zero-order chi connectivity index (χ0) is 24.5. The van der Waals surface area contributed by atoms with Crippen LogP contribution in [0.5, 0.6) is 0 Å². The molecule has 174 valence electrons. The number of rotatable bonds is 5. The Hall–Kier alpha value is -4.23. The van der Waals surface area contributed by atoms with Gasteiger partial charge in [0.25, 0.3) is 11.5 Å². The molecule has 0 bridgehead atoms. The van der Waals surface area contributed by atoms with Gasteiger partial charge in [0, 0.05) is 11.2 Å². The smallest absolute Gasteiger partial charge is 0.267 e. The fraction of sp³-hybridized carbons (Fsp3) is 0.111. The lowest BCUT2D eigenvalue weighted by molar-refractivity contribution is 0.0937. The lowest BCUT2D eigenvalue weighted by atomic mass is 10.1. The van der Waals surface area contributed by atoms with Crippen molar-refractivity contribution in [3.05, 3.63) is 123 Å². The average molecular weight is 484 g/mol. The highest BCUT2D eigenvalue weighted by molar-refractivity contribution is 6.30. The van der Waals surface area contributed by atoms with Gasteiger partial charge in [-0.05, 0) is 48.4 Å². The molecular formula is C27H22ClN5O2. The molecule has 0 aliphatic rings. The predicted octanol–water partition coefficient (Wildman–Crippen LogP) is 4.32. The van der Waals surface area contributed by atoms with Crippen molar-refractivity contribution >= 4 is 34.2 Å². The topological polar surface area (TPSA) is 92.2 Å². The van der Waals surface area contributed by atoms with E-state index in [0.717, 1.165) is 11.1 Å². The molecule has 0 aliphatic heterocycles. The maximum atomic E-state index is 13.4. The number of hydrogen-bond acceptors (Lipinski definition) is 4. The maximum absolute atomic E-state index is 13.4. The zero-order valence-corrected chi connectivity index (χ0v) is 19.7. The molecule has 0 spiro atoms. The van der Waals surface area contributed by atoms with Gasteiger partial charge in [0.1, 0.15) is 16.8 Å². The van der Waals surface area contributed by atoms with Crippen LogP contribution in [0.4, 0.5) is 0 Å². The predicted molar refractivity (Wildman–Crippen MR) is 136 cm³/mol. The lowest BCUT2D eigenvalue weighted by Gasteiger charge is -2.17. The number of hydrogen-bond donors (Lipinski definition) is 2. The number of nitrogens with zero attached hydrogens (tertiary/aromatic N) is 3. The minimum absolute atomic E-state index is 0.0302. The molecule has 1 atom stereocenters. The quantitative estimate of drug-likeness (QED) is 0.365. The third-order valence-electron chi connectivity index (χ3n) is 5.96. The highest BCUT2D eigenvalue weighted by atomic mass is 35.5. The number of amides is 1. The molecule has 2 N–H and O–H groups in total. The first-order chi connectivity index (χ1) is 16.9. The fourth-order valence-electron chi connectivity index (χ4n) is 4.09. The van der Waals surface area contributed by atoms with Crippen LogP contribution in [0.15, 0.2) is 89.9 Å². The molecule has 0 unspecified atom stereocenters. The van der Waals surface area contributed by atoms with Crippen molar-refractivity contribution in [2.75, 3.05) is 0 Å². The molecule has 35 heavy (non-hydrogen) atoms. The molecule has 0 radical (unpaired) electrons. The molecule has 3 heterocycles. The summed E-state index contributed by atoms with van der Waals surface area (Å²) in [4.78, 5) is 31.4. The van der Waals surface area contributed by atoms with Crippen LogP contribution >= 0.6 is 11.6 Å². The fourth-order valence-corrected chi connectivity index (χ4v) is 4.21. The van der Waals surface area contributed by atoms with E-state index in [4.69, 9.17) is 17.0 Å². The first-order valence-electron chi connectivity index (χ1n) is 11.1. The number of halogens is 1. The van der Waals surface area contributed by atoms with Gasteiger partial charge in [0.15, 0.2) is 0 Å². The van der Waals surface area contributed by atoms with Crippen molar-refractivity contribution in [2.24, 2.45) is 0 Å². The van der Waals surface area contributed by atoms with Gasteiger partial charge in [-0.1, -0.05) is 60.1 Å². The number of pyridine rings is 2. The Bertz CT molecular complexity index is 1670. The Balaban J connectivity index is 1.68. The Morgan fingerprint density at radius 1 is 1.06 bits per heavy atom. The summed E-state index contributed by atoms with van der Waals surface area (Å²) in [5.41, 5.74) is 2.37. The Morgan fingerprint density at radius 3 is 2.51 bits per heavy atom. The molecular weight excluding hydrogens is 462 g/mol. The summed E-state index contributed by atoms with van der Waals surface area (Å²) in [5.74, 6) is -0.435. The molecule has 5 aromatic rings. The van der Waals surface area contributed by atoms with Gasteiger partial charge in [-0.15, -0.1) is 0 Å². The van der Waals surface area contributed by atoms with Gasteiger partial charge in [-0.2, -0.15) is 0 Å². The first-order valence-corrected chi connectivity index (χ1v) is 11.5. The van der Waals surface area contributed by atoms with E-state index in [1.807, 2.05) is 49.4 Å². The lowest BCUT2D eigenvalue weighted by Crippen LogP contribution is -2.36. The van der Waals surface area contributed by atoms with E-state index in [0.29, 0.717) is 16.3 Å². The third kappa shape index (κ3) is 4.34. The summed E-state index contributed by atoms with van der Waals surface area (Å²) in [6.07, 6.45) is 1.64. The molecule has 1 amide bonds. The van der Waals surface area contributed by atoms with E-state index in [1.165, 1.54) is 10.5 Å². The molecule has 5 rings (SSSR count). The Kier molecular flexibility index (Phi) is 5.93. The molecule has 0 saturated heterocycles. The molecule has 0 fully saturated rings. The van der Waals surface area contributed by atoms with Gasteiger partial charge in [0.05, 0.1) is 23.5 Å². The second-order valence-electron chi connectivity index (χ2n) is 8.31. The van der Waals surface area contributed by atoms with Gasteiger partial charge in [0.2, 0.25) is 0 Å². The number of benzene rings is 2. The van der Waals surface area contributed by atoms with Gasteiger partial charge in [-0.3, -0.25) is 19.4 Å². The van der Waals surface area contributed by atoms with Crippen LogP contribution in [0.1, 0.15) is 34.5 Å². The van der Waals surface area contributed by atoms with Crippen LogP contribution in [-0.4, -0.2) is 19.9 Å². The highest BCUT2D eigenvalue weighted by Crippen LogP contribution is 2.16. The number of nitrogens with one attached hydrogen (secondary N) is 2. The number of carbonyl (C=O) groups excluding carboxylic acids is 1. The van der Waals surface area contributed by atoms with Crippen LogP contribution in [-0.2, 0) is 6.54 Å². The molecule has 0 saturated carbocycles. The molecule has 0 aliphatic carbocycles. The minimum atomic E-state index is -0.435. The van der Waals surface area contributed by atoms with Crippen molar-refractivity contribution in [2.45, 2.75) is 19.5 Å². The molecule has 2 aromatic carbocycles. The van der Waals surface area contributed by atoms with E-state index in [1.54, 1.807) is 41.1 Å². The summed E-state index contributed by atoms with van der Waals surface area (Å²) in [6, 6.07) is 23.3. The Labute approximate surface area is 205 Å². The van der Waals surface area contributed by atoms with Crippen molar-refractivity contribution in [3.63, 3.8) is 0 Å². The minimum Gasteiger partial charge on any atom is -0.345 e. The van der Waals surface area contributed by atoms with E-state index >= 15 is 0 Å². The standard InChI is InChI=1S/C27H22ClN5O2/c1-17(19-7-3-2-4-8-19)30-26(34)21-15-22-25(31-23-9-5-6-14-32(23)27(22)35)33(24(21)29)16-18-10-12-20(28)13-11-18/h2-15,17,29H,16H2,1H3,(H,30,34)/t17-/m1/s1. The highest BCUT2D eigenvalue weighted by Gasteiger charge is 2.19. The average Bonchev–Trinajstić information content (AvgIpc) is 2.87. The van der Waals surface area contributed by atoms with Gasteiger partial charge in [-0.25, -0.2) is 4.98 Å². The second-order valence-corrected chi connectivity index (χ2v) is 8.74. The number of fused-ring (bicyclic) bond motifs is 2. The molecule has 3 aromatic heterocycles. The van der Waals surface area contributed by atoms with Crippen molar-refractivity contribution in [3.8, 4) is 0 Å². The number of carbonyl (C=O) groups is 1. The van der Waals surface area contributed by atoms with Crippen molar-refractivity contribution in [1.82, 2.24) is 19.3 Å². The largest absolute Gasteiger partial charge is 0.345 e. The third-order valence-corrected chi connectivity index (χ3v) is 6.22. The monoisotopic (exact) mass is 483 g/mol. The SMILES string of the molecule is C[C@@H](NC(=O)c1cc2c(=O)n3ccccc3nc2n(Cc2ccc(Cl)cc2)c1=N)c1ccccc1. The van der Waals surface area contributed by atoms with Crippen LogP contribution in [0.2, 0.25) is 5.02 Å². The van der Waals surface area contributed by atoms with Crippen LogP contribution < -0.4 is 16.4 Å². The summed E-state index contributed by atoms with van der Waals surface area (Å²) in [7, 11) is 0. The van der Waals surface area contributed by atoms with Crippen LogP contribution in [0, 0.1) is 5.41 Å². The van der Waals surface area contributed by atoms with E-state index in [-0.39, 0.29) is 34.6 Å². The molecule has 8 heteroatoms. The zero-order valence-electron chi connectivity index (χ0n) is 18.9. The van der Waals surface area contributed by atoms with Crippen LogP contribution in [0.3, 0.4) is 0 Å². The molecule has 7 nitrogen and oxygen atoms in total. The second kappa shape index (κ2) is 9.19. The van der Waals surface area contributed by atoms with Gasteiger partial charge < -0.3 is 9.88 Å². The van der Waals surface area contributed by atoms with E-state index < -0.39 is 5.91 Å². The normalized spacial score (nSPS) is 12.1. The summed E-state index contributed by atoms with van der Waals surface area (Å²) >= 11 is 6.04. The summed E-state index contributed by atoms with van der Waals surface area (Å²) < 4.78 is 3.03.